The van der Waals surface area contributed by atoms with E-state index in [0.29, 0.717) is 0 Å². The van der Waals surface area contributed by atoms with Crippen molar-refractivity contribution in [2.24, 2.45) is 0 Å². The molecule has 0 unspecified atom stereocenters. The number of anilines is 1. The third-order valence-electron chi connectivity index (χ3n) is 1.43. The van der Waals surface area contributed by atoms with Crippen LogP contribution in [-0.2, 0) is 10.2 Å². The normalized spacial score (nSPS) is 11.7. The number of hydrogen-bond donors (Lipinski definition) is 1. The predicted octanol–water partition coefficient (Wildman–Crippen LogP) is 0.439. The SMILES string of the molecule is CN(C)S(=O)(=O)Nc1cccc(F)n1. The minimum atomic E-state index is -3.61. The van der Waals surface area contributed by atoms with Crippen LogP contribution < -0.4 is 4.72 Å². The zero-order valence-electron chi connectivity index (χ0n) is 7.73. The van der Waals surface area contributed by atoms with Crippen molar-refractivity contribution in [3.05, 3.63) is 24.1 Å². The molecule has 0 radical (unpaired) electrons. The Morgan fingerprint density at radius 2 is 2.07 bits per heavy atom. The summed E-state index contributed by atoms with van der Waals surface area (Å²) in [5.74, 6) is -0.775. The van der Waals surface area contributed by atoms with Crippen molar-refractivity contribution < 1.29 is 12.8 Å². The molecule has 0 spiro atoms. The summed E-state index contributed by atoms with van der Waals surface area (Å²) in [6.07, 6.45) is 0. The maximum Gasteiger partial charge on any atom is 0.302 e. The third kappa shape index (κ3) is 2.64. The molecule has 14 heavy (non-hydrogen) atoms. The Hall–Kier alpha value is -1.21. The molecule has 7 heteroatoms. The molecule has 0 saturated carbocycles. The average Bonchev–Trinajstić information content (AvgIpc) is 2.02. The number of rotatable bonds is 3. The third-order valence-corrected chi connectivity index (χ3v) is 2.86. The van der Waals surface area contributed by atoms with E-state index in [2.05, 4.69) is 9.71 Å². The summed E-state index contributed by atoms with van der Waals surface area (Å²) >= 11 is 0. The summed E-state index contributed by atoms with van der Waals surface area (Å²) in [5, 5.41) is 0. The fourth-order valence-corrected chi connectivity index (χ4v) is 1.25. The Labute approximate surface area is 81.8 Å². The van der Waals surface area contributed by atoms with Crippen LogP contribution in [0.5, 0.6) is 0 Å². The van der Waals surface area contributed by atoms with Gasteiger partial charge < -0.3 is 0 Å². The quantitative estimate of drug-likeness (QED) is 0.750. The van der Waals surface area contributed by atoms with Crippen LogP contribution in [0.3, 0.4) is 0 Å². The monoisotopic (exact) mass is 219 g/mol. The first kappa shape index (κ1) is 10.9. The number of nitrogens with zero attached hydrogens (tertiary/aromatic N) is 2. The summed E-state index contributed by atoms with van der Waals surface area (Å²) in [4.78, 5) is 3.36. The van der Waals surface area contributed by atoms with E-state index in [0.717, 1.165) is 10.4 Å². The molecule has 0 saturated heterocycles. The molecule has 0 bridgehead atoms. The van der Waals surface area contributed by atoms with E-state index in [1.165, 1.54) is 26.2 Å². The van der Waals surface area contributed by atoms with Crippen LogP contribution in [0.2, 0.25) is 0 Å². The summed E-state index contributed by atoms with van der Waals surface area (Å²) in [6.45, 7) is 0. The number of aromatic nitrogens is 1. The van der Waals surface area contributed by atoms with Crippen LogP contribution in [0, 0.1) is 5.95 Å². The Kier molecular flexibility index (Phi) is 3.02. The van der Waals surface area contributed by atoms with Gasteiger partial charge in [-0.2, -0.15) is 17.1 Å². The summed E-state index contributed by atoms with van der Waals surface area (Å²) in [7, 11) is -0.888. The molecule has 1 heterocycles. The standard InChI is InChI=1S/C7H10FN3O2S/c1-11(2)14(12,13)10-7-5-3-4-6(8)9-7/h3-5H,1-2H3,(H,9,10). The number of hydrogen-bond acceptors (Lipinski definition) is 3. The molecule has 1 N–H and O–H groups in total. The van der Waals surface area contributed by atoms with Gasteiger partial charge in [-0.25, -0.2) is 4.98 Å². The first-order valence-corrected chi connectivity index (χ1v) is 5.18. The topological polar surface area (TPSA) is 62.3 Å². The summed E-state index contributed by atoms with van der Waals surface area (Å²) in [6, 6.07) is 3.87. The van der Waals surface area contributed by atoms with Gasteiger partial charge in [-0.3, -0.25) is 4.72 Å². The molecular weight excluding hydrogens is 209 g/mol. The molecule has 1 aromatic heterocycles. The Balaban J connectivity index is 2.90. The molecule has 0 aliphatic carbocycles. The van der Waals surface area contributed by atoms with Crippen LogP contribution in [0.4, 0.5) is 10.2 Å². The van der Waals surface area contributed by atoms with Crippen molar-refractivity contribution in [1.82, 2.24) is 9.29 Å². The van der Waals surface area contributed by atoms with E-state index in [1.807, 2.05) is 0 Å². The molecule has 0 aromatic carbocycles. The lowest BCUT2D eigenvalue weighted by molar-refractivity contribution is 0.526. The predicted molar refractivity (Wildman–Crippen MR) is 50.4 cm³/mol. The van der Waals surface area contributed by atoms with Gasteiger partial charge in [0.1, 0.15) is 5.82 Å². The van der Waals surface area contributed by atoms with Gasteiger partial charge >= 0.3 is 10.2 Å². The number of halogens is 1. The van der Waals surface area contributed by atoms with Crippen molar-refractivity contribution in [3.8, 4) is 0 Å². The molecule has 1 rings (SSSR count). The summed E-state index contributed by atoms with van der Waals surface area (Å²) in [5.41, 5.74) is 0. The second kappa shape index (κ2) is 3.89. The zero-order chi connectivity index (χ0) is 10.8. The van der Waals surface area contributed by atoms with Crippen LogP contribution >= 0.6 is 0 Å². The first-order chi connectivity index (χ1) is 6.42. The molecule has 0 aliphatic rings. The smallest absolute Gasteiger partial charge is 0.254 e. The summed E-state index contributed by atoms with van der Waals surface area (Å²) < 4.78 is 38.2. The van der Waals surface area contributed by atoms with Gasteiger partial charge in [-0.15, -0.1) is 0 Å². The molecular formula is C7H10FN3O2S. The van der Waals surface area contributed by atoms with Gasteiger partial charge in [0.15, 0.2) is 0 Å². The lowest BCUT2D eigenvalue weighted by Gasteiger charge is -2.12. The van der Waals surface area contributed by atoms with Crippen LogP contribution in [0.1, 0.15) is 0 Å². The lowest BCUT2D eigenvalue weighted by Crippen LogP contribution is -2.29. The maximum atomic E-state index is 12.6. The van der Waals surface area contributed by atoms with Crippen molar-refractivity contribution in [2.75, 3.05) is 18.8 Å². The Morgan fingerprint density at radius 1 is 1.43 bits per heavy atom. The average molecular weight is 219 g/mol. The van der Waals surface area contributed by atoms with Crippen molar-refractivity contribution >= 4 is 16.0 Å². The fraction of sp³-hybridized carbons (Fsp3) is 0.286. The van der Waals surface area contributed by atoms with E-state index in [1.54, 1.807) is 0 Å². The highest BCUT2D eigenvalue weighted by Gasteiger charge is 2.13. The molecule has 0 fully saturated rings. The van der Waals surface area contributed by atoms with Gasteiger partial charge in [0, 0.05) is 14.1 Å². The minimum absolute atomic E-state index is 0.0429. The van der Waals surface area contributed by atoms with Gasteiger partial charge in [-0.1, -0.05) is 6.07 Å². The van der Waals surface area contributed by atoms with E-state index in [9.17, 15) is 12.8 Å². The van der Waals surface area contributed by atoms with Crippen LogP contribution in [0.25, 0.3) is 0 Å². The molecule has 0 atom stereocenters. The van der Waals surface area contributed by atoms with Crippen molar-refractivity contribution in [3.63, 3.8) is 0 Å². The highest BCUT2D eigenvalue weighted by molar-refractivity contribution is 7.90. The molecule has 5 nitrogen and oxygen atoms in total. The van der Waals surface area contributed by atoms with Gasteiger partial charge in [0.05, 0.1) is 0 Å². The second-order valence-electron chi connectivity index (χ2n) is 2.74. The van der Waals surface area contributed by atoms with Crippen molar-refractivity contribution in [1.29, 1.82) is 0 Å². The maximum absolute atomic E-state index is 12.6. The molecule has 0 amide bonds. The minimum Gasteiger partial charge on any atom is -0.254 e. The van der Waals surface area contributed by atoms with Gasteiger partial charge in [-0.05, 0) is 12.1 Å². The highest BCUT2D eigenvalue weighted by atomic mass is 32.2. The van der Waals surface area contributed by atoms with Crippen LogP contribution in [0.15, 0.2) is 18.2 Å². The largest absolute Gasteiger partial charge is 0.302 e. The highest BCUT2D eigenvalue weighted by Crippen LogP contribution is 2.06. The fourth-order valence-electron chi connectivity index (χ4n) is 0.689. The Bertz CT molecular complexity index is 419. The van der Waals surface area contributed by atoms with Crippen molar-refractivity contribution in [2.45, 2.75) is 0 Å². The first-order valence-electron chi connectivity index (χ1n) is 3.74. The Morgan fingerprint density at radius 3 is 2.57 bits per heavy atom. The van der Waals surface area contributed by atoms with Crippen LogP contribution in [-0.4, -0.2) is 31.8 Å². The molecule has 78 valence electrons. The number of pyridine rings is 1. The molecule has 0 aliphatic heterocycles. The lowest BCUT2D eigenvalue weighted by atomic mass is 10.5. The van der Waals surface area contributed by atoms with Gasteiger partial charge in [0.25, 0.3) is 0 Å². The van der Waals surface area contributed by atoms with E-state index >= 15 is 0 Å². The van der Waals surface area contributed by atoms with E-state index in [4.69, 9.17) is 0 Å². The van der Waals surface area contributed by atoms with Gasteiger partial charge in [0.2, 0.25) is 5.95 Å². The molecule has 1 aromatic rings. The zero-order valence-corrected chi connectivity index (χ0v) is 8.55. The number of nitrogens with one attached hydrogen (secondary N) is 1. The van der Waals surface area contributed by atoms with E-state index < -0.39 is 16.2 Å². The second-order valence-corrected chi connectivity index (χ2v) is 4.62. The van der Waals surface area contributed by atoms with E-state index in [-0.39, 0.29) is 5.82 Å².